The van der Waals surface area contributed by atoms with Crippen LogP contribution in [0.2, 0.25) is 0 Å². The van der Waals surface area contributed by atoms with Crippen LogP contribution in [0.15, 0.2) is 152 Å². The van der Waals surface area contributed by atoms with Crippen molar-refractivity contribution in [3.05, 3.63) is 152 Å². The first-order chi connectivity index (χ1) is 20.8. The summed E-state index contributed by atoms with van der Waals surface area (Å²) < 4.78 is 4.79. The molecular formula is C38H25N3S. The highest BCUT2D eigenvalue weighted by molar-refractivity contribution is 7.26. The molecule has 8 aromatic rings. The van der Waals surface area contributed by atoms with E-state index in [9.17, 15) is 0 Å². The van der Waals surface area contributed by atoms with Crippen LogP contribution in [0.3, 0.4) is 0 Å². The molecule has 4 heteroatoms. The standard InChI is InChI=1S/C38H25N3S/c1-3-11-27(12-4-1)37-39-40-38(41(37)31-15-5-2-6-16-31)28-23-21-26(22-24-28)29-13-9-14-30(25-29)32-18-10-19-34-33-17-7-8-20-35(33)42-36(32)34/h1-25H. The van der Waals surface area contributed by atoms with Gasteiger partial charge in [0.1, 0.15) is 0 Å². The first kappa shape index (κ1) is 24.5. The lowest BCUT2D eigenvalue weighted by atomic mass is 9.97. The number of hydrogen-bond acceptors (Lipinski definition) is 3. The minimum absolute atomic E-state index is 0.816. The summed E-state index contributed by atoms with van der Waals surface area (Å²) in [6, 6.07) is 53.3. The van der Waals surface area contributed by atoms with Crippen molar-refractivity contribution in [2.24, 2.45) is 0 Å². The van der Waals surface area contributed by atoms with Crippen LogP contribution in [0, 0.1) is 0 Å². The molecule has 0 N–H and O–H groups in total. The van der Waals surface area contributed by atoms with Crippen molar-refractivity contribution in [1.29, 1.82) is 0 Å². The van der Waals surface area contributed by atoms with E-state index < -0.39 is 0 Å². The fourth-order valence-electron chi connectivity index (χ4n) is 5.72. The topological polar surface area (TPSA) is 30.7 Å². The van der Waals surface area contributed by atoms with E-state index >= 15 is 0 Å². The number of aromatic nitrogens is 3. The first-order valence-corrected chi connectivity index (χ1v) is 14.8. The molecule has 0 atom stereocenters. The van der Waals surface area contributed by atoms with E-state index in [0.29, 0.717) is 0 Å². The Morgan fingerprint density at radius 1 is 0.429 bits per heavy atom. The van der Waals surface area contributed by atoms with Gasteiger partial charge in [-0.25, -0.2) is 0 Å². The lowest BCUT2D eigenvalue weighted by Crippen LogP contribution is -2.00. The second-order valence-corrected chi connectivity index (χ2v) is 11.4. The number of benzene rings is 6. The summed E-state index contributed by atoms with van der Waals surface area (Å²) >= 11 is 1.87. The van der Waals surface area contributed by atoms with Gasteiger partial charge in [0.15, 0.2) is 11.6 Å². The summed E-state index contributed by atoms with van der Waals surface area (Å²) in [5.74, 6) is 1.64. The number of rotatable bonds is 5. The Balaban J connectivity index is 1.18. The number of hydrogen-bond donors (Lipinski definition) is 0. The number of nitrogens with zero attached hydrogens (tertiary/aromatic N) is 3. The van der Waals surface area contributed by atoms with Crippen LogP contribution in [0.1, 0.15) is 0 Å². The molecule has 0 saturated heterocycles. The van der Waals surface area contributed by atoms with Crippen LogP contribution in [0.4, 0.5) is 0 Å². The highest BCUT2D eigenvalue weighted by atomic mass is 32.1. The molecule has 0 bridgehead atoms. The van der Waals surface area contributed by atoms with Crippen molar-refractivity contribution in [1.82, 2.24) is 14.8 Å². The number of fused-ring (bicyclic) bond motifs is 3. The molecule has 0 unspecified atom stereocenters. The molecule has 198 valence electrons. The molecule has 0 aliphatic heterocycles. The summed E-state index contributed by atoms with van der Waals surface area (Å²) in [6.07, 6.45) is 0. The molecule has 2 heterocycles. The van der Waals surface area contributed by atoms with Crippen LogP contribution in [-0.4, -0.2) is 14.8 Å². The van der Waals surface area contributed by atoms with Crippen LogP contribution in [0.5, 0.6) is 0 Å². The highest BCUT2D eigenvalue weighted by Crippen LogP contribution is 2.40. The smallest absolute Gasteiger partial charge is 0.168 e. The largest absolute Gasteiger partial charge is 0.275 e. The van der Waals surface area contributed by atoms with E-state index in [2.05, 4.69) is 130 Å². The fraction of sp³-hybridized carbons (Fsp3) is 0. The Bertz CT molecular complexity index is 2180. The maximum Gasteiger partial charge on any atom is 0.168 e. The summed E-state index contributed by atoms with van der Waals surface area (Å²) in [6.45, 7) is 0. The predicted molar refractivity (Wildman–Crippen MR) is 176 cm³/mol. The molecular weight excluding hydrogens is 531 g/mol. The third-order valence-electron chi connectivity index (χ3n) is 7.76. The van der Waals surface area contributed by atoms with E-state index in [1.807, 2.05) is 47.7 Å². The third-order valence-corrected chi connectivity index (χ3v) is 8.98. The lowest BCUT2D eigenvalue weighted by Gasteiger charge is -2.12. The maximum atomic E-state index is 4.66. The normalized spacial score (nSPS) is 11.3. The zero-order valence-electron chi connectivity index (χ0n) is 22.7. The van der Waals surface area contributed by atoms with Crippen molar-refractivity contribution in [2.45, 2.75) is 0 Å². The molecule has 0 aliphatic rings. The Hall–Kier alpha value is -5.32. The summed E-state index contributed by atoms with van der Waals surface area (Å²) in [4.78, 5) is 0. The third kappa shape index (κ3) is 4.21. The average Bonchev–Trinajstić information content (AvgIpc) is 3.68. The molecule has 2 aromatic heterocycles. The fourth-order valence-corrected chi connectivity index (χ4v) is 6.96. The second kappa shape index (κ2) is 10.3. The average molecular weight is 556 g/mol. The van der Waals surface area contributed by atoms with Crippen LogP contribution in [-0.2, 0) is 0 Å². The van der Waals surface area contributed by atoms with Gasteiger partial charge in [0.05, 0.1) is 0 Å². The van der Waals surface area contributed by atoms with Crippen molar-refractivity contribution < 1.29 is 0 Å². The summed E-state index contributed by atoms with van der Waals surface area (Å²) in [5, 5.41) is 11.9. The monoisotopic (exact) mass is 555 g/mol. The molecule has 0 spiro atoms. The Morgan fingerprint density at radius 2 is 1.00 bits per heavy atom. The van der Waals surface area contributed by atoms with E-state index in [-0.39, 0.29) is 0 Å². The molecule has 6 aromatic carbocycles. The zero-order valence-corrected chi connectivity index (χ0v) is 23.5. The van der Waals surface area contributed by atoms with Gasteiger partial charge in [0.25, 0.3) is 0 Å². The summed E-state index contributed by atoms with van der Waals surface area (Å²) in [7, 11) is 0. The van der Waals surface area contributed by atoms with E-state index in [1.165, 1.54) is 36.9 Å². The molecule has 8 rings (SSSR count). The van der Waals surface area contributed by atoms with E-state index in [0.717, 1.165) is 34.0 Å². The molecule has 0 aliphatic carbocycles. The molecule has 0 saturated carbocycles. The van der Waals surface area contributed by atoms with E-state index in [4.69, 9.17) is 0 Å². The van der Waals surface area contributed by atoms with Crippen LogP contribution < -0.4 is 0 Å². The van der Waals surface area contributed by atoms with Gasteiger partial charge in [-0.2, -0.15) is 0 Å². The summed E-state index contributed by atoms with van der Waals surface area (Å²) in [5.41, 5.74) is 7.93. The minimum Gasteiger partial charge on any atom is -0.275 e. The van der Waals surface area contributed by atoms with Gasteiger partial charge in [0, 0.05) is 37.0 Å². The van der Waals surface area contributed by atoms with Gasteiger partial charge < -0.3 is 0 Å². The molecule has 42 heavy (non-hydrogen) atoms. The Labute approximate surface area is 248 Å². The highest BCUT2D eigenvalue weighted by Gasteiger charge is 2.17. The van der Waals surface area contributed by atoms with E-state index in [1.54, 1.807) is 0 Å². The minimum atomic E-state index is 0.816. The van der Waals surface area contributed by atoms with Gasteiger partial charge >= 0.3 is 0 Å². The zero-order chi connectivity index (χ0) is 27.9. The van der Waals surface area contributed by atoms with Crippen molar-refractivity contribution in [3.8, 4) is 50.7 Å². The predicted octanol–water partition coefficient (Wildman–Crippen LogP) is 10.3. The molecule has 0 amide bonds. The number of para-hydroxylation sites is 1. The van der Waals surface area contributed by atoms with Gasteiger partial charge in [-0.3, -0.25) is 4.57 Å². The second-order valence-electron chi connectivity index (χ2n) is 10.3. The van der Waals surface area contributed by atoms with Gasteiger partial charge in [0.2, 0.25) is 0 Å². The van der Waals surface area contributed by atoms with Crippen molar-refractivity contribution in [2.75, 3.05) is 0 Å². The Morgan fingerprint density at radius 3 is 1.79 bits per heavy atom. The number of thiophene rings is 1. The maximum absolute atomic E-state index is 4.66. The van der Waals surface area contributed by atoms with Crippen molar-refractivity contribution in [3.63, 3.8) is 0 Å². The molecule has 0 fully saturated rings. The lowest BCUT2D eigenvalue weighted by molar-refractivity contribution is 1.07. The Kier molecular flexibility index (Phi) is 5.98. The quantitative estimate of drug-likeness (QED) is 0.211. The van der Waals surface area contributed by atoms with Crippen LogP contribution in [0.25, 0.3) is 70.9 Å². The van der Waals surface area contributed by atoms with Gasteiger partial charge in [-0.05, 0) is 46.5 Å². The van der Waals surface area contributed by atoms with Gasteiger partial charge in [-0.1, -0.05) is 127 Å². The SMILES string of the molecule is c1ccc(-c2nnc(-c3ccc(-c4cccc(-c5cccc6c5sc5ccccc56)c4)cc3)n2-c2ccccc2)cc1. The molecule has 3 nitrogen and oxygen atoms in total. The van der Waals surface area contributed by atoms with Crippen molar-refractivity contribution >= 4 is 31.5 Å². The first-order valence-electron chi connectivity index (χ1n) is 14.0. The van der Waals surface area contributed by atoms with Crippen LogP contribution >= 0.6 is 11.3 Å². The van der Waals surface area contributed by atoms with Gasteiger partial charge in [-0.15, -0.1) is 21.5 Å². The molecule has 0 radical (unpaired) electrons.